The van der Waals surface area contributed by atoms with Gasteiger partial charge < -0.3 is 64.9 Å². The molecule has 4 aromatic rings. The van der Waals surface area contributed by atoms with Crippen molar-refractivity contribution in [2.45, 2.75) is 75.9 Å². The number of aliphatic hydroxyl groups is 5. The third kappa shape index (κ3) is 16.7. The predicted molar refractivity (Wildman–Crippen MR) is 279 cm³/mol. The first-order valence-electron chi connectivity index (χ1n) is 24.4. The van der Waals surface area contributed by atoms with Crippen molar-refractivity contribution >= 4 is 35.2 Å². The highest BCUT2D eigenvalue weighted by molar-refractivity contribution is 6.15. The molecule has 4 aromatic carbocycles. The molecule has 1 aliphatic heterocycles. The van der Waals surface area contributed by atoms with Crippen molar-refractivity contribution in [3.63, 3.8) is 0 Å². The molecule has 1 fully saturated rings. The van der Waals surface area contributed by atoms with Gasteiger partial charge in [-0.1, -0.05) is 47.9 Å². The molecule has 19 heteroatoms. The number of carbonyl (C=O) groups is 6. The molecule has 0 bridgehead atoms. The smallest absolute Gasteiger partial charge is 0.254 e. The van der Waals surface area contributed by atoms with Crippen molar-refractivity contribution in [3.05, 3.63) is 142 Å². The van der Waals surface area contributed by atoms with E-state index in [-0.39, 0.29) is 51.8 Å². The number of nitrogens with zero attached hydrogens (tertiary/aromatic N) is 2. The maximum absolute atomic E-state index is 13.3. The minimum absolute atomic E-state index is 0.253. The fourth-order valence-electron chi connectivity index (χ4n) is 7.32. The number of rotatable bonds is 22. The van der Waals surface area contributed by atoms with Gasteiger partial charge >= 0.3 is 0 Å². The number of benzene rings is 4. The highest BCUT2D eigenvalue weighted by Crippen LogP contribution is 2.23. The summed E-state index contributed by atoms with van der Waals surface area (Å²) < 4.78 is 21.9. The van der Waals surface area contributed by atoms with Crippen LogP contribution in [0.4, 0.5) is 0 Å². The second kappa shape index (κ2) is 30.4. The Morgan fingerprint density at radius 2 is 0.934 bits per heavy atom. The average Bonchev–Trinajstić information content (AvgIpc) is 3.47. The second-order valence-corrected chi connectivity index (χ2v) is 17.8. The number of amides is 4. The molecule has 1 aliphatic rings. The summed E-state index contributed by atoms with van der Waals surface area (Å²) >= 11 is 0. The lowest BCUT2D eigenvalue weighted by Crippen LogP contribution is -2.62. The summed E-state index contributed by atoms with van der Waals surface area (Å²) in [7, 11) is 5.52. The van der Waals surface area contributed by atoms with Crippen LogP contribution in [-0.2, 0) is 51.3 Å². The lowest BCUT2D eigenvalue weighted by Gasteiger charge is -2.36. The number of ketones is 2. The van der Waals surface area contributed by atoms with Crippen molar-refractivity contribution in [3.8, 4) is 23.7 Å². The summed E-state index contributed by atoms with van der Waals surface area (Å²) in [5.74, 6) is 8.42. The Bertz CT molecular complexity index is 2660. The lowest BCUT2D eigenvalue weighted by molar-refractivity contribution is -0.174. The number of aliphatic hydroxyl groups excluding tert-OH is 5. The van der Waals surface area contributed by atoms with Gasteiger partial charge in [0.15, 0.2) is 28.9 Å². The van der Waals surface area contributed by atoms with Crippen molar-refractivity contribution in [2.24, 2.45) is 0 Å². The Morgan fingerprint density at radius 1 is 0.579 bits per heavy atom. The number of carbonyl (C=O) groups excluding carboxylic acids is 6. The maximum Gasteiger partial charge on any atom is 0.254 e. The monoisotopic (exact) mass is 1050 g/mol. The van der Waals surface area contributed by atoms with Crippen molar-refractivity contribution in [1.82, 2.24) is 20.4 Å². The van der Waals surface area contributed by atoms with E-state index in [1.807, 2.05) is 48.5 Å². The van der Waals surface area contributed by atoms with Gasteiger partial charge in [0.2, 0.25) is 0 Å². The van der Waals surface area contributed by atoms with Crippen LogP contribution >= 0.6 is 0 Å². The van der Waals surface area contributed by atoms with Gasteiger partial charge in [0, 0.05) is 68.2 Å². The van der Waals surface area contributed by atoms with Crippen LogP contribution in [0.25, 0.3) is 0 Å². The van der Waals surface area contributed by atoms with Gasteiger partial charge in [0.05, 0.1) is 39.6 Å². The maximum atomic E-state index is 13.3. The highest BCUT2D eigenvalue weighted by Gasteiger charge is 2.47. The number of hydrogen-bond acceptors (Lipinski definition) is 15. The molecule has 0 saturated carbocycles. The van der Waals surface area contributed by atoms with Crippen LogP contribution < -0.4 is 10.6 Å². The fourth-order valence-corrected chi connectivity index (χ4v) is 7.32. The van der Waals surface area contributed by atoms with Crippen LogP contribution in [-0.4, -0.2) is 175 Å². The first kappa shape index (κ1) is 61.4. The molecule has 1 heterocycles. The van der Waals surface area contributed by atoms with Gasteiger partial charge in [-0.2, -0.15) is 0 Å². The van der Waals surface area contributed by atoms with Crippen LogP contribution in [0.15, 0.2) is 97.1 Å². The fraction of sp³-hybridized carbons (Fsp3) is 0.404. The van der Waals surface area contributed by atoms with Gasteiger partial charge in [-0.25, -0.2) is 0 Å². The Balaban J connectivity index is 0.000000333. The normalized spacial score (nSPS) is 14.5. The lowest BCUT2D eigenvalue weighted by atomic mass is 9.92. The topological polar surface area (TPSA) is 271 Å². The van der Waals surface area contributed by atoms with Gasteiger partial charge in [-0.15, -0.1) is 0 Å². The minimum Gasteiger partial charge on any atom is -0.394 e. The zero-order valence-electron chi connectivity index (χ0n) is 43.7. The number of Topliss-reactive ketones (excluding diaryl/α,β-unsaturated/α-hetero) is 2. The van der Waals surface area contributed by atoms with E-state index in [2.05, 4.69) is 34.3 Å². The summed E-state index contributed by atoms with van der Waals surface area (Å²) in [5, 5.41) is 50.4. The Morgan fingerprint density at radius 3 is 1.25 bits per heavy atom. The Kier molecular flexibility index (Phi) is 24.6. The summed E-state index contributed by atoms with van der Waals surface area (Å²) in [5.41, 5.74) is 1.54. The number of ether oxygens (including phenoxy) is 4. The highest BCUT2D eigenvalue weighted by atomic mass is 16.7. The predicted octanol–water partition coefficient (Wildman–Crippen LogP) is 1.74. The van der Waals surface area contributed by atoms with E-state index < -0.39 is 71.4 Å². The SMILES string of the molecule is CNC(=O)[C@@](C)(C(=O)CO)N(C)C(=O)c1ccc(C#Cc2ccc(COC(CO)CO)cc2)cc1.CNC(=O)[C@@](C)(C(=O)COC1CCCCO1)N(C)C(=O)c1ccc(C#Cc2ccc(COC(CO)CO)cc2)cc1. The van der Waals surface area contributed by atoms with E-state index in [9.17, 15) is 33.9 Å². The standard InChI is InChI=1S/C31H38N2O8.C26H30N2O7/c1-31(30(38)32-2,27(36)21-41-28-6-4-5-17-39-28)33(3)29(37)25-15-13-23(14-16-25)8-7-22-9-11-24(12-10-22)20-40-26(18-34)19-35;1-26(23(32)16-31,25(34)27-2)28(3)24(33)21-12-10-19(11-13-21)5-4-18-6-8-20(9-7-18)17-35-22(14-29)15-30/h9-16,26,28,34-35H,4-6,17-21H2,1-3H3,(H,32,38);6-13,22,29-31H,14-17H2,1-3H3,(H,27,34)/t28?,31-;26-/m11/s1. The third-order valence-corrected chi connectivity index (χ3v) is 12.7. The molecule has 1 unspecified atom stereocenters. The Labute approximate surface area is 443 Å². The van der Waals surface area contributed by atoms with E-state index in [0.717, 1.165) is 44.9 Å². The van der Waals surface area contributed by atoms with E-state index in [0.29, 0.717) is 29.7 Å². The average molecular weight is 1050 g/mol. The van der Waals surface area contributed by atoms with Gasteiger partial charge in [-0.3, -0.25) is 28.8 Å². The first-order valence-corrected chi connectivity index (χ1v) is 24.4. The number of likely N-dealkylation sites (N-methyl/N-ethyl adjacent to an activating group) is 4. The van der Waals surface area contributed by atoms with E-state index in [1.54, 1.807) is 48.5 Å². The molecule has 19 nitrogen and oxygen atoms in total. The van der Waals surface area contributed by atoms with E-state index >= 15 is 0 Å². The van der Waals surface area contributed by atoms with Crippen molar-refractivity contribution in [1.29, 1.82) is 0 Å². The molecule has 406 valence electrons. The van der Waals surface area contributed by atoms with Crippen LogP contribution in [0.5, 0.6) is 0 Å². The number of nitrogens with one attached hydrogen (secondary N) is 2. The van der Waals surface area contributed by atoms with Crippen LogP contribution in [0.3, 0.4) is 0 Å². The van der Waals surface area contributed by atoms with Crippen LogP contribution in [0.1, 0.15) is 87.2 Å². The molecule has 0 aromatic heterocycles. The summed E-state index contributed by atoms with van der Waals surface area (Å²) in [6, 6.07) is 27.7. The molecule has 0 aliphatic carbocycles. The zero-order chi connectivity index (χ0) is 55.8. The zero-order valence-corrected chi connectivity index (χ0v) is 43.7. The molecule has 0 spiro atoms. The number of hydrogen-bond donors (Lipinski definition) is 7. The quantitative estimate of drug-likeness (QED) is 0.0437. The molecule has 1 saturated heterocycles. The van der Waals surface area contributed by atoms with Gasteiger partial charge in [0.1, 0.15) is 25.4 Å². The molecule has 7 N–H and O–H groups in total. The van der Waals surface area contributed by atoms with Gasteiger partial charge in [0.25, 0.3) is 23.6 Å². The largest absolute Gasteiger partial charge is 0.394 e. The summed E-state index contributed by atoms with van der Waals surface area (Å²) in [6.45, 7) is 1.52. The molecule has 3 atom stereocenters. The molecular weight excluding hydrogens is 981 g/mol. The van der Waals surface area contributed by atoms with Gasteiger partial charge in [-0.05, 0) is 117 Å². The second-order valence-electron chi connectivity index (χ2n) is 17.8. The molecule has 0 radical (unpaired) electrons. The van der Waals surface area contributed by atoms with Crippen molar-refractivity contribution < 1.29 is 73.2 Å². The third-order valence-electron chi connectivity index (χ3n) is 12.7. The molecule has 76 heavy (non-hydrogen) atoms. The summed E-state index contributed by atoms with van der Waals surface area (Å²) in [6.07, 6.45) is 0.818. The van der Waals surface area contributed by atoms with E-state index in [4.69, 9.17) is 39.4 Å². The van der Waals surface area contributed by atoms with Crippen LogP contribution in [0.2, 0.25) is 0 Å². The first-order chi connectivity index (χ1) is 36.4. The van der Waals surface area contributed by atoms with Crippen LogP contribution in [0, 0.1) is 23.7 Å². The molecule has 4 amide bonds. The molecule has 5 rings (SSSR count). The molecular formula is C57H68N4O15. The summed E-state index contributed by atoms with van der Waals surface area (Å²) in [4.78, 5) is 79.0. The van der Waals surface area contributed by atoms with Crippen molar-refractivity contribution in [2.75, 3.05) is 74.4 Å². The Hall–Kier alpha value is -7.14. The minimum atomic E-state index is -1.85. The van der Waals surface area contributed by atoms with E-state index in [1.165, 1.54) is 42.0 Å².